The predicted molar refractivity (Wildman–Crippen MR) is 78.6 cm³/mol. The number of urea groups is 1. The molecular weight excluding hydrogens is 270 g/mol. The SMILES string of the molecule is Cc1cnn(C2CCC(NC(=O)CN(C)C(N)=O)CC2)c1. The first-order valence-corrected chi connectivity index (χ1v) is 7.26. The number of amides is 3. The summed E-state index contributed by atoms with van der Waals surface area (Å²) in [5.41, 5.74) is 6.27. The maximum Gasteiger partial charge on any atom is 0.314 e. The number of hydrogen-bond donors (Lipinski definition) is 2. The second-order valence-corrected chi connectivity index (χ2v) is 5.76. The minimum Gasteiger partial charge on any atom is -0.352 e. The lowest BCUT2D eigenvalue weighted by atomic mass is 9.91. The maximum absolute atomic E-state index is 11.8. The van der Waals surface area contributed by atoms with Gasteiger partial charge in [0.15, 0.2) is 0 Å². The molecule has 1 heterocycles. The van der Waals surface area contributed by atoms with Crippen molar-refractivity contribution in [1.82, 2.24) is 20.0 Å². The van der Waals surface area contributed by atoms with E-state index in [0.717, 1.165) is 25.7 Å². The standard InChI is InChI=1S/C14H23N5O2/c1-10-7-16-19(8-10)12-5-3-11(4-6-12)17-13(20)9-18(2)14(15)21/h7-8,11-12H,3-6,9H2,1-2H3,(H2,15,21)(H,17,20). The van der Waals surface area contributed by atoms with Gasteiger partial charge in [-0.2, -0.15) is 5.10 Å². The molecule has 3 N–H and O–H groups in total. The van der Waals surface area contributed by atoms with Crippen LogP contribution in [-0.4, -0.2) is 46.3 Å². The van der Waals surface area contributed by atoms with Crippen LogP contribution in [0.1, 0.15) is 37.3 Å². The van der Waals surface area contributed by atoms with Gasteiger partial charge in [0.1, 0.15) is 6.54 Å². The van der Waals surface area contributed by atoms with E-state index in [1.807, 2.05) is 17.8 Å². The zero-order chi connectivity index (χ0) is 15.4. The summed E-state index contributed by atoms with van der Waals surface area (Å²) in [6, 6.07) is -0.00487. The molecule has 0 atom stereocenters. The highest BCUT2D eigenvalue weighted by Gasteiger charge is 2.24. The number of hydrogen-bond acceptors (Lipinski definition) is 3. The number of carbonyl (C=O) groups excluding carboxylic acids is 2. The van der Waals surface area contributed by atoms with E-state index < -0.39 is 6.03 Å². The van der Waals surface area contributed by atoms with Crippen molar-refractivity contribution in [2.45, 2.75) is 44.7 Å². The third-order valence-corrected chi connectivity index (χ3v) is 3.92. The highest BCUT2D eigenvalue weighted by atomic mass is 16.2. The van der Waals surface area contributed by atoms with Crippen molar-refractivity contribution in [2.24, 2.45) is 5.73 Å². The molecule has 0 bridgehead atoms. The Kier molecular flexibility index (Phi) is 4.82. The van der Waals surface area contributed by atoms with Crippen molar-refractivity contribution in [1.29, 1.82) is 0 Å². The summed E-state index contributed by atoms with van der Waals surface area (Å²) in [7, 11) is 1.51. The first-order chi connectivity index (χ1) is 9.95. The zero-order valence-electron chi connectivity index (χ0n) is 12.6. The second-order valence-electron chi connectivity index (χ2n) is 5.76. The van der Waals surface area contributed by atoms with E-state index in [9.17, 15) is 9.59 Å². The van der Waals surface area contributed by atoms with E-state index in [-0.39, 0.29) is 18.5 Å². The van der Waals surface area contributed by atoms with E-state index in [2.05, 4.69) is 16.6 Å². The van der Waals surface area contributed by atoms with Crippen LogP contribution in [-0.2, 0) is 4.79 Å². The fourth-order valence-electron chi connectivity index (χ4n) is 2.68. The number of aromatic nitrogens is 2. The van der Waals surface area contributed by atoms with Crippen molar-refractivity contribution < 1.29 is 9.59 Å². The number of rotatable bonds is 4. The number of nitrogens with zero attached hydrogens (tertiary/aromatic N) is 3. The highest BCUT2D eigenvalue weighted by molar-refractivity contribution is 5.83. The fourth-order valence-corrected chi connectivity index (χ4v) is 2.68. The Morgan fingerprint density at radius 1 is 1.43 bits per heavy atom. The molecule has 1 aliphatic carbocycles. The van der Waals surface area contributed by atoms with Crippen molar-refractivity contribution in [3.8, 4) is 0 Å². The molecule has 1 saturated carbocycles. The van der Waals surface area contributed by atoms with Crippen LogP contribution in [0.5, 0.6) is 0 Å². The first kappa shape index (κ1) is 15.3. The van der Waals surface area contributed by atoms with Gasteiger partial charge < -0.3 is 16.0 Å². The molecule has 2 rings (SSSR count). The number of nitrogens with two attached hydrogens (primary N) is 1. The molecule has 0 aliphatic heterocycles. The summed E-state index contributed by atoms with van der Waals surface area (Å²) >= 11 is 0. The summed E-state index contributed by atoms with van der Waals surface area (Å²) in [4.78, 5) is 23.9. The normalized spacial score (nSPS) is 21.8. The van der Waals surface area contributed by atoms with E-state index in [1.54, 1.807) is 0 Å². The van der Waals surface area contributed by atoms with E-state index >= 15 is 0 Å². The monoisotopic (exact) mass is 293 g/mol. The number of aryl methyl sites for hydroxylation is 1. The van der Waals surface area contributed by atoms with Crippen LogP contribution in [0.4, 0.5) is 4.79 Å². The molecule has 3 amide bonds. The molecule has 1 aromatic rings. The van der Waals surface area contributed by atoms with Crippen LogP contribution in [0.15, 0.2) is 12.4 Å². The molecular formula is C14H23N5O2. The van der Waals surface area contributed by atoms with Crippen LogP contribution in [0.25, 0.3) is 0 Å². The number of primary amides is 1. The van der Waals surface area contributed by atoms with Gasteiger partial charge in [-0.25, -0.2) is 4.79 Å². The van der Waals surface area contributed by atoms with Crippen molar-refractivity contribution in [3.63, 3.8) is 0 Å². The van der Waals surface area contributed by atoms with Crippen LogP contribution in [0, 0.1) is 6.92 Å². The van der Waals surface area contributed by atoms with Crippen LogP contribution in [0.3, 0.4) is 0 Å². The van der Waals surface area contributed by atoms with Gasteiger partial charge in [0.05, 0.1) is 12.2 Å². The molecule has 1 aliphatic rings. The third-order valence-electron chi connectivity index (χ3n) is 3.92. The third kappa shape index (κ3) is 4.21. The molecule has 0 unspecified atom stereocenters. The summed E-state index contributed by atoms with van der Waals surface area (Å²) in [5, 5.41) is 7.32. The van der Waals surface area contributed by atoms with Gasteiger partial charge in [0, 0.05) is 19.3 Å². The van der Waals surface area contributed by atoms with Crippen molar-refractivity contribution in [3.05, 3.63) is 18.0 Å². The fraction of sp³-hybridized carbons (Fsp3) is 0.643. The van der Waals surface area contributed by atoms with Crippen LogP contribution in [0.2, 0.25) is 0 Å². The summed E-state index contributed by atoms with van der Waals surface area (Å²) in [6.45, 7) is 2.04. The molecule has 7 heteroatoms. The smallest absolute Gasteiger partial charge is 0.314 e. The number of nitrogens with one attached hydrogen (secondary N) is 1. The molecule has 7 nitrogen and oxygen atoms in total. The Labute approximate surface area is 124 Å². The lowest BCUT2D eigenvalue weighted by Crippen LogP contribution is -2.45. The Morgan fingerprint density at radius 3 is 2.62 bits per heavy atom. The molecule has 116 valence electrons. The Balaban J connectivity index is 1.76. The summed E-state index contributed by atoms with van der Waals surface area (Å²) in [5.74, 6) is -0.158. The van der Waals surface area contributed by atoms with Gasteiger partial charge >= 0.3 is 6.03 Å². The van der Waals surface area contributed by atoms with Gasteiger partial charge in [0.2, 0.25) is 5.91 Å². The van der Waals surface area contributed by atoms with E-state index in [0.29, 0.717) is 6.04 Å². The largest absolute Gasteiger partial charge is 0.352 e. The van der Waals surface area contributed by atoms with E-state index in [4.69, 9.17) is 5.73 Å². The molecule has 0 spiro atoms. The summed E-state index contributed by atoms with van der Waals surface area (Å²) in [6.07, 6.45) is 7.78. The Bertz CT molecular complexity index is 505. The van der Waals surface area contributed by atoms with Crippen LogP contribution >= 0.6 is 0 Å². The molecule has 21 heavy (non-hydrogen) atoms. The molecule has 1 aromatic heterocycles. The minimum atomic E-state index is -0.595. The minimum absolute atomic E-state index is 0.00755. The topological polar surface area (TPSA) is 93.2 Å². The van der Waals surface area contributed by atoms with Crippen LogP contribution < -0.4 is 11.1 Å². The van der Waals surface area contributed by atoms with Gasteiger partial charge in [-0.15, -0.1) is 0 Å². The molecule has 0 aromatic carbocycles. The summed E-state index contributed by atoms with van der Waals surface area (Å²) < 4.78 is 2.02. The zero-order valence-corrected chi connectivity index (χ0v) is 12.6. The van der Waals surface area contributed by atoms with Gasteiger partial charge in [-0.1, -0.05) is 0 Å². The average Bonchev–Trinajstić information content (AvgIpc) is 2.86. The first-order valence-electron chi connectivity index (χ1n) is 7.26. The predicted octanol–water partition coefficient (Wildman–Crippen LogP) is 0.802. The average molecular weight is 293 g/mol. The molecule has 0 saturated heterocycles. The quantitative estimate of drug-likeness (QED) is 0.860. The lowest BCUT2D eigenvalue weighted by Gasteiger charge is -2.29. The van der Waals surface area contributed by atoms with Gasteiger partial charge in [-0.05, 0) is 38.2 Å². The second kappa shape index (κ2) is 6.60. The highest BCUT2D eigenvalue weighted by Crippen LogP contribution is 2.28. The lowest BCUT2D eigenvalue weighted by molar-refractivity contribution is -0.122. The van der Waals surface area contributed by atoms with Gasteiger partial charge in [-0.3, -0.25) is 9.48 Å². The number of likely N-dealkylation sites (N-methyl/N-ethyl adjacent to an activating group) is 1. The van der Waals surface area contributed by atoms with Crippen molar-refractivity contribution >= 4 is 11.9 Å². The van der Waals surface area contributed by atoms with Crippen molar-refractivity contribution in [2.75, 3.05) is 13.6 Å². The number of carbonyl (C=O) groups is 2. The van der Waals surface area contributed by atoms with E-state index in [1.165, 1.54) is 17.5 Å². The Hall–Kier alpha value is -2.05. The Morgan fingerprint density at radius 2 is 2.10 bits per heavy atom. The molecule has 0 radical (unpaired) electrons. The maximum atomic E-state index is 11.8. The molecule has 1 fully saturated rings. The van der Waals surface area contributed by atoms with Gasteiger partial charge in [0.25, 0.3) is 0 Å².